The second kappa shape index (κ2) is 10.6. The van der Waals surface area contributed by atoms with Crippen LogP contribution >= 0.6 is 0 Å². The molecule has 2 amide bonds. The molecule has 1 fully saturated rings. The molecular weight excluding hydrogens is 368 g/mol. The Labute approximate surface area is 171 Å². The van der Waals surface area contributed by atoms with Crippen LogP contribution < -0.4 is 15.8 Å². The summed E-state index contributed by atoms with van der Waals surface area (Å²) in [6.45, 7) is 6.10. The van der Waals surface area contributed by atoms with Gasteiger partial charge in [-0.3, -0.25) is 19.4 Å². The minimum Gasteiger partial charge on any atom is -0.483 e. The van der Waals surface area contributed by atoms with Crippen LogP contribution in [-0.4, -0.2) is 67.5 Å². The third-order valence-electron chi connectivity index (χ3n) is 4.93. The van der Waals surface area contributed by atoms with Crippen LogP contribution in [-0.2, 0) is 11.3 Å². The highest BCUT2D eigenvalue weighted by molar-refractivity contribution is 5.97. The van der Waals surface area contributed by atoms with Crippen molar-refractivity contribution >= 4 is 11.8 Å². The molecule has 29 heavy (non-hydrogen) atoms. The normalized spacial score (nSPS) is 15.0. The average Bonchev–Trinajstić information content (AvgIpc) is 2.74. The van der Waals surface area contributed by atoms with E-state index in [1.54, 1.807) is 24.3 Å². The lowest BCUT2D eigenvalue weighted by Gasteiger charge is -2.34. The van der Waals surface area contributed by atoms with Gasteiger partial charge >= 0.3 is 0 Å². The first kappa shape index (κ1) is 20.8. The summed E-state index contributed by atoms with van der Waals surface area (Å²) >= 11 is 0. The molecule has 1 aliphatic heterocycles. The highest BCUT2D eigenvalue weighted by atomic mass is 16.5. The Morgan fingerprint density at radius 2 is 1.59 bits per heavy atom. The van der Waals surface area contributed by atoms with Crippen molar-refractivity contribution in [1.82, 2.24) is 15.1 Å². The number of carbonyl (C=O) groups excluding carboxylic acids is 2. The van der Waals surface area contributed by atoms with Gasteiger partial charge < -0.3 is 15.8 Å². The van der Waals surface area contributed by atoms with Gasteiger partial charge in [0.15, 0.2) is 6.61 Å². The van der Waals surface area contributed by atoms with Crippen molar-refractivity contribution in [2.75, 3.05) is 45.9 Å². The van der Waals surface area contributed by atoms with Crippen LogP contribution in [0.3, 0.4) is 0 Å². The standard InChI is InChI=1S/C22H28N4O3/c23-21(27)17-29-20-9-5-4-8-19(20)22(28)24-10-11-25-12-14-26(15-13-25)16-18-6-2-1-3-7-18/h1-9H,10-17H2,(H2,23,27)(H,24,28). The molecule has 0 aromatic heterocycles. The number of benzene rings is 2. The zero-order chi connectivity index (χ0) is 20.5. The van der Waals surface area contributed by atoms with E-state index in [0.29, 0.717) is 17.9 Å². The molecule has 0 saturated carbocycles. The van der Waals surface area contributed by atoms with Gasteiger partial charge in [-0.1, -0.05) is 42.5 Å². The van der Waals surface area contributed by atoms with E-state index in [1.807, 2.05) is 6.07 Å². The zero-order valence-corrected chi connectivity index (χ0v) is 16.5. The van der Waals surface area contributed by atoms with Crippen molar-refractivity contribution in [3.8, 4) is 5.75 Å². The lowest BCUT2D eigenvalue weighted by atomic mass is 10.2. The van der Waals surface area contributed by atoms with Crippen molar-refractivity contribution in [2.45, 2.75) is 6.54 Å². The molecule has 154 valence electrons. The number of nitrogens with one attached hydrogen (secondary N) is 1. The summed E-state index contributed by atoms with van der Waals surface area (Å²) < 4.78 is 5.33. The molecular formula is C22H28N4O3. The largest absolute Gasteiger partial charge is 0.483 e. The first-order chi connectivity index (χ1) is 14.1. The zero-order valence-electron chi connectivity index (χ0n) is 16.5. The second-order valence-corrected chi connectivity index (χ2v) is 7.11. The number of para-hydroxylation sites is 1. The Kier molecular flexibility index (Phi) is 7.61. The van der Waals surface area contributed by atoms with E-state index in [9.17, 15) is 9.59 Å². The van der Waals surface area contributed by atoms with E-state index >= 15 is 0 Å². The highest BCUT2D eigenvalue weighted by Crippen LogP contribution is 2.17. The third-order valence-corrected chi connectivity index (χ3v) is 4.93. The lowest BCUT2D eigenvalue weighted by molar-refractivity contribution is -0.119. The van der Waals surface area contributed by atoms with Gasteiger partial charge in [0, 0.05) is 45.8 Å². The average molecular weight is 396 g/mol. The Morgan fingerprint density at radius 3 is 2.31 bits per heavy atom. The number of primary amides is 1. The summed E-state index contributed by atoms with van der Waals surface area (Å²) in [5.74, 6) is -0.433. The summed E-state index contributed by atoms with van der Waals surface area (Å²) in [4.78, 5) is 28.2. The van der Waals surface area contributed by atoms with Crippen LogP contribution in [0.1, 0.15) is 15.9 Å². The van der Waals surface area contributed by atoms with Gasteiger partial charge in [0.2, 0.25) is 0 Å². The predicted molar refractivity (Wildman–Crippen MR) is 112 cm³/mol. The Balaban J connectivity index is 1.40. The van der Waals surface area contributed by atoms with Crippen LogP contribution in [0.15, 0.2) is 54.6 Å². The minimum atomic E-state index is -0.577. The van der Waals surface area contributed by atoms with Crippen molar-refractivity contribution < 1.29 is 14.3 Å². The number of hydrogen-bond donors (Lipinski definition) is 2. The molecule has 0 bridgehead atoms. The van der Waals surface area contributed by atoms with Crippen molar-refractivity contribution in [3.05, 3.63) is 65.7 Å². The summed E-state index contributed by atoms with van der Waals surface area (Å²) in [5.41, 5.74) is 6.85. The topological polar surface area (TPSA) is 87.9 Å². The van der Waals surface area contributed by atoms with Gasteiger partial charge in [0.05, 0.1) is 5.56 Å². The van der Waals surface area contributed by atoms with E-state index in [-0.39, 0.29) is 12.5 Å². The van der Waals surface area contributed by atoms with Gasteiger partial charge in [0.25, 0.3) is 11.8 Å². The maximum Gasteiger partial charge on any atom is 0.255 e. The van der Waals surface area contributed by atoms with E-state index in [2.05, 4.69) is 39.4 Å². The molecule has 0 unspecified atom stereocenters. The predicted octanol–water partition coefficient (Wildman–Crippen LogP) is 1.10. The molecule has 2 aromatic rings. The molecule has 0 atom stereocenters. The van der Waals surface area contributed by atoms with Gasteiger partial charge in [-0.25, -0.2) is 0 Å². The van der Waals surface area contributed by atoms with Gasteiger partial charge in [-0.2, -0.15) is 0 Å². The highest BCUT2D eigenvalue weighted by Gasteiger charge is 2.17. The van der Waals surface area contributed by atoms with Crippen LogP contribution in [0.2, 0.25) is 0 Å². The fourth-order valence-corrected chi connectivity index (χ4v) is 3.36. The molecule has 0 radical (unpaired) electrons. The number of nitrogens with zero attached hydrogens (tertiary/aromatic N) is 2. The molecule has 1 saturated heterocycles. The number of piperazine rings is 1. The molecule has 0 spiro atoms. The number of carbonyl (C=O) groups is 2. The number of hydrogen-bond acceptors (Lipinski definition) is 5. The van der Waals surface area contributed by atoms with E-state index in [4.69, 9.17) is 10.5 Å². The van der Waals surface area contributed by atoms with Crippen molar-refractivity contribution in [2.24, 2.45) is 5.73 Å². The molecule has 0 aliphatic carbocycles. The number of nitrogens with two attached hydrogens (primary N) is 1. The summed E-state index contributed by atoms with van der Waals surface area (Å²) in [5, 5.41) is 2.93. The maximum absolute atomic E-state index is 12.5. The quantitative estimate of drug-likeness (QED) is 0.663. The van der Waals surface area contributed by atoms with Gasteiger partial charge in [-0.15, -0.1) is 0 Å². The SMILES string of the molecule is NC(=O)COc1ccccc1C(=O)NCCN1CCN(Cc2ccccc2)CC1. The van der Waals surface area contributed by atoms with Crippen LogP contribution in [0.4, 0.5) is 0 Å². The maximum atomic E-state index is 12.5. The number of rotatable bonds is 9. The van der Waals surface area contributed by atoms with Crippen LogP contribution in [0.25, 0.3) is 0 Å². The van der Waals surface area contributed by atoms with Crippen LogP contribution in [0, 0.1) is 0 Å². The second-order valence-electron chi connectivity index (χ2n) is 7.11. The fourth-order valence-electron chi connectivity index (χ4n) is 3.36. The summed E-state index contributed by atoms with van der Waals surface area (Å²) in [7, 11) is 0. The molecule has 2 aromatic carbocycles. The van der Waals surface area contributed by atoms with Crippen molar-refractivity contribution in [1.29, 1.82) is 0 Å². The number of amides is 2. The Hall–Kier alpha value is -2.90. The first-order valence-electron chi connectivity index (χ1n) is 9.89. The van der Waals surface area contributed by atoms with E-state index < -0.39 is 5.91 Å². The first-order valence-corrected chi connectivity index (χ1v) is 9.89. The monoisotopic (exact) mass is 396 g/mol. The smallest absolute Gasteiger partial charge is 0.255 e. The Morgan fingerprint density at radius 1 is 0.931 bits per heavy atom. The lowest BCUT2D eigenvalue weighted by Crippen LogP contribution is -2.48. The number of ether oxygens (including phenoxy) is 1. The van der Waals surface area contributed by atoms with Crippen LogP contribution in [0.5, 0.6) is 5.75 Å². The van der Waals surface area contributed by atoms with E-state index in [1.165, 1.54) is 5.56 Å². The van der Waals surface area contributed by atoms with Crippen molar-refractivity contribution in [3.63, 3.8) is 0 Å². The Bertz CT molecular complexity index is 805. The minimum absolute atomic E-state index is 0.215. The summed E-state index contributed by atoms with van der Waals surface area (Å²) in [6.07, 6.45) is 0. The molecule has 1 aliphatic rings. The third kappa shape index (κ3) is 6.58. The molecule has 7 heteroatoms. The molecule has 1 heterocycles. The molecule has 7 nitrogen and oxygen atoms in total. The molecule has 3 rings (SSSR count). The van der Waals surface area contributed by atoms with Gasteiger partial charge in [0.1, 0.15) is 5.75 Å². The molecule has 3 N–H and O–H groups in total. The fraction of sp³-hybridized carbons (Fsp3) is 0.364. The summed E-state index contributed by atoms with van der Waals surface area (Å²) in [6, 6.07) is 17.4. The van der Waals surface area contributed by atoms with Gasteiger partial charge in [-0.05, 0) is 17.7 Å². The van der Waals surface area contributed by atoms with E-state index in [0.717, 1.165) is 39.3 Å².